The maximum absolute atomic E-state index is 12.3. The Morgan fingerprint density at radius 3 is 2.50 bits per heavy atom. The molecule has 7 nitrogen and oxygen atoms in total. The number of rotatable bonds is 8. The summed E-state index contributed by atoms with van der Waals surface area (Å²) in [5, 5.41) is 0.180. The van der Waals surface area contributed by atoms with E-state index in [9.17, 15) is 8.42 Å². The van der Waals surface area contributed by atoms with Crippen LogP contribution in [-0.2, 0) is 27.7 Å². The van der Waals surface area contributed by atoms with E-state index in [0.717, 1.165) is 31.4 Å². The maximum Gasteiger partial charge on any atom is 0.227 e. The van der Waals surface area contributed by atoms with Crippen molar-refractivity contribution in [1.29, 1.82) is 0 Å². The third-order valence-electron chi connectivity index (χ3n) is 5.68. The fourth-order valence-corrected chi connectivity index (χ4v) is 5.11. The smallest absolute Gasteiger partial charge is 0.227 e. The highest BCUT2D eigenvalue weighted by Gasteiger charge is 2.28. The molecule has 2 saturated heterocycles. The van der Waals surface area contributed by atoms with E-state index in [1.165, 1.54) is 38.8 Å². The highest BCUT2D eigenvalue weighted by atomic mass is 32.2. The van der Waals surface area contributed by atoms with Gasteiger partial charge in [0.2, 0.25) is 15.0 Å². The predicted molar refractivity (Wildman–Crippen MR) is 101 cm³/mol. The lowest BCUT2D eigenvalue weighted by Crippen LogP contribution is -2.43. The average Bonchev–Trinajstić information content (AvgIpc) is 3.31. The molecule has 0 bridgehead atoms. The van der Waals surface area contributed by atoms with E-state index in [1.807, 2.05) is 4.57 Å². The molecule has 0 N–H and O–H groups in total. The molecule has 148 valence electrons. The Morgan fingerprint density at radius 1 is 1.19 bits per heavy atom. The maximum atomic E-state index is 12.3. The Morgan fingerprint density at radius 2 is 1.88 bits per heavy atom. The topological polar surface area (TPSA) is 67.7 Å². The van der Waals surface area contributed by atoms with Crippen molar-refractivity contribution in [2.24, 2.45) is 0 Å². The second kappa shape index (κ2) is 8.82. The molecule has 2 aliphatic heterocycles. The molecule has 2 fully saturated rings. The van der Waals surface area contributed by atoms with Crippen molar-refractivity contribution in [3.8, 4) is 0 Å². The van der Waals surface area contributed by atoms with Crippen molar-refractivity contribution in [1.82, 2.24) is 19.4 Å². The van der Waals surface area contributed by atoms with Crippen molar-refractivity contribution < 1.29 is 13.2 Å². The Bertz CT molecular complexity index is 675. The average molecular weight is 385 g/mol. The number of methoxy groups -OCH3 is 1. The molecule has 1 aromatic heterocycles. The molecule has 8 heteroatoms. The zero-order chi connectivity index (χ0) is 18.6. The second-order valence-electron chi connectivity index (χ2n) is 7.33. The first kappa shape index (κ1) is 19.8. The summed E-state index contributed by atoms with van der Waals surface area (Å²) in [6, 6.07) is 0.725. The van der Waals surface area contributed by atoms with Crippen LogP contribution in [0.1, 0.15) is 38.3 Å². The molecule has 3 rings (SSSR count). The Hall–Kier alpha value is -0.960. The molecule has 0 unspecified atom stereocenters. The summed E-state index contributed by atoms with van der Waals surface area (Å²) >= 11 is 0. The summed E-state index contributed by atoms with van der Waals surface area (Å²) in [5.41, 5.74) is 0.966. The summed E-state index contributed by atoms with van der Waals surface area (Å²) in [6.07, 6.45) is 6.81. The van der Waals surface area contributed by atoms with Crippen molar-refractivity contribution in [2.45, 2.75) is 56.9 Å². The van der Waals surface area contributed by atoms with E-state index in [-0.39, 0.29) is 10.9 Å². The van der Waals surface area contributed by atoms with Crippen LogP contribution in [0, 0.1) is 0 Å². The van der Waals surface area contributed by atoms with E-state index in [1.54, 1.807) is 20.2 Å². The summed E-state index contributed by atoms with van der Waals surface area (Å²) < 4.78 is 31.7. The molecule has 1 aromatic rings. The Labute approximate surface area is 157 Å². The van der Waals surface area contributed by atoms with Crippen molar-refractivity contribution in [3.63, 3.8) is 0 Å². The van der Waals surface area contributed by atoms with Crippen LogP contribution in [0.3, 0.4) is 0 Å². The van der Waals surface area contributed by atoms with Gasteiger partial charge in [0, 0.05) is 39.3 Å². The fourth-order valence-electron chi connectivity index (χ4n) is 4.10. The van der Waals surface area contributed by atoms with Crippen LogP contribution in [0.15, 0.2) is 11.4 Å². The molecule has 0 spiro atoms. The molecule has 3 heterocycles. The molecule has 2 aliphatic rings. The van der Waals surface area contributed by atoms with Crippen LogP contribution in [0.4, 0.5) is 0 Å². The number of hydrogen-bond acceptors (Lipinski definition) is 6. The minimum absolute atomic E-state index is 0.0671. The second-order valence-corrected chi connectivity index (χ2v) is 9.50. The highest BCUT2D eigenvalue weighted by molar-refractivity contribution is 7.91. The van der Waals surface area contributed by atoms with Crippen LogP contribution < -0.4 is 0 Å². The molecule has 26 heavy (non-hydrogen) atoms. The van der Waals surface area contributed by atoms with Gasteiger partial charge in [-0.25, -0.2) is 13.4 Å². The van der Waals surface area contributed by atoms with Gasteiger partial charge in [0.1, 0.15) is 0 Å². The van der Waals surface area contributed by atoms with E-state index in [0.29, 0.717) is 13.2 Å². The zero-order valence-electron chi connectivity index (χ0n) is 16.1. The van der Waals surface area contributed by atoms with Gasteiger partial charge in [-0.2, -0.15) is 0 Å². The van der Waals surface area contributed by atoms with E-state index >= 15 is 0 Å². The van der Waals surface area contributed by atoms with Crippen LogP contribution in [-0.4, -0.2) is 79.5 Å². The molecular weight excluding hydrogens is 352 g/mol. The van der Waals surface area contributed by atoms with Crippen LogP contribution in [0.5, 0.6) is 0 Å². The van der Waals surface area contributed by atoms with Gasteiger partial charge >= 0.3 is 0 Å². The van der Waals surface area contributed by atoms with E-state index < -0.39 is 9.84 Å². The van der Waals surface area contributed by atoms with E-state index in [2.05, 4.69) is 14.8 Å². The monoisotopic (exact) mass is 384 g/mol. The van der Waals surface area contributed by atoms with Crippen LogP contribution >= 0.6 is 0 Å². The van der Waals surface area contributed by atoms with Gasteiger partial charge in [0.15, 0.2) is 0 Å². The number of imidazole rings is 1. The molecule has 0 amide bonds. The Balaban J connectivity index is 1.66. The fraction of sp³-hybridized carbons (Fsp3) is 0.833. The molecule has 0 saturated carbocycles. The van der Waals surface area contributed by atoms with Crippen molar-refractivity contribution >= 4 is 9.84 Å². The largest absolute Gasteiger partial charge is 0.383 e. The molecule has 0 aromatic carbocycles. The van der Waals surface area contributed by atoms with Gasteiger partial charge in [-0.3, -0.25) is 4.90 Å². The van der Waals surface area contributed by atoms with Gasteiger partial charge < -0.3 is 14.2 Å². The molecule has 0 aliphatic carbocycles. The summed E-state index contributed by atoms with van der Waals surface area (Å²) in [7, 11) is -1.70. The lowest BCUT2D eigenvalue weighted by Gasteiger charge is -2.36. The predicted octanol–water partition coefficient (Wildman–Crippen LogP) is 1.38. The van der Waals surface area contributed by atoms with Crippen LogP contribution in [0.25, 0.3) is 0 Å². The minimum Gasteiger partial charge on any atom is -0.383 e. The summed E-state index contributed by atoms with van der Waals surface area (Å²) in [5.74, 6) is 0.0671. The number of hydrogen-bond donors (Lipinski definition) is 0. The third-order valence-corrected chi connectivity index (χ3v) is 7.32. The van der Waals surface area contributed by atoms with E-state index in [4.69, 9.17) is 4.74 Å². The molecule has 0 atom stereocenters. The first-order valence-electron chi connectivity index (χ1n) is 9.77. The third kappa shape index (κ3) is 4.47. The SMILES string of the molecule is CCS(=O)(=O)c1ncc(CN2CCC(N3CCCC3)CC2)n1CCOC. The lowest BCUT2D eigenvalue weighted by atomic mass is 10.0. The number of piperidine rings is 1. The summed E-state index contributed by atoms with van der Waals surface area (Å²) in [6.45, 7) is 8.05. The van der Waals surface area contributed by atoms with Gasteiger partial charge in [-0.1, -0.05) is 6.92 Å². The standard InChI is InChI=1S/C18H32N4O3S/c1-3-26(23,24)18-19-14-17(22(18)12-13-25-2)15-20-10-6-16(7-11-20)21-8-4-5-9-21/h14,16H,3-13,15H2,1-2H3. The van der Waals surface area contributed by atoms with Crippen LogP contribution in [0.2, 0.25) is 0 Å². The lowest BCUT2D eigenvalue weighted by molar-refractivity contribution is 0.120. The van der Waals surface area contributed by atoms with Crippen molar-refractivity contribution in [2.75, 3.05) is 45.6 Å². The number of nitrogens with zero attached hydrogens (tertiary/aromatic N) is 4. The first-order valence-corrected chi connectivity index (χ1v) is 11.4. The normalized spacial score (nSPS) is 20.8. The first-order chi connectivity index (χ1) is 12.5. The summed E-state index contributed by atoms with van der Waals surface area (Å²) in [4.78, 5) is 9.31. The van der Waals surface area contributed by atoms with Gasteiger partial charge in [-0.05, 0) is 38.8 Å². The van der Waals surface area contributed by atoms with Crippen molar-refractivity contribution in [3.05, 3.63) is 11.9 Å². The molecule has 0 radical (unpaired) electrons. The highest BCUT2D eigenvalue weighted by Crippen LogP contribution is 2.23. The number of likely N-dealkylation sites (tertiary alicyclic amines) is 2. The Kier molecular flexibility index (Phi) is 6.71. The number of sulfone groups is 1. The number of aromatic nitrogens is 2. The van der Waals surface area contributed by atoms with Gasteiger partial charge in [-0.15, -0.1) is 0 Å². The quantitative estimate of drug-likeness (QED) is 0.675. The molecular formula is C18H32N4O3S. The van der Waals surface area contributed by atoms with Gasteiger partial charge in [0.05, 0.1) is 24.3 Å². The van der Waals surface area contributed by atoms with Gasteiger partial charge in [0.25, 0.3) is 0 Å². The minimum atomic E-state index is -3.33. The number of ether oxygens (including phenoxy) is 1. The zero-order valence-corrected chi connectivity index (χ0v) is 16.9.